The van der Waals surface area contributed by atoms with E-state index in [-0.39, 0.29) is 5.56 Å². The van der Waals surface area contributed by atoms with Crippen LogP contribution in [0.4, 0.5) is 0 Å². The molecule has 0 amide bonds. The van der Waals surface area contributed by atoms with Gasteiger partial charge < -0.3 is 14.6 Å². The molecule has 0 aliphatic heterocycles. The van der Waals surface area contributed by atoms with E-state index >= 15 is 0 Å². The van der Waals surface area contributed by atoms with Crippen LogP contribution in [0.25, 0.3) is 23.1 Å². The van der Waals surface area contributed by atoms with E-state index in [0.29, 0.717) is 16.6 Å². The second-order valence-electron chi connectivity index (χ2n) is 5.12. The molecular weight excluding hydrogens is 370 g/mol. The van der Waals surface area contributed by atoms with Gasteiger partial charge in [0.2, 0.25) is 0 Å². The largest absolute Gasteiger partial charge is 0.545 e. The Kier molecular flexibility index (Phi) is 4.62. The highest BCUT2D eigenvalue weighted by Gasteiger charge is 2.06. The zero-order valence-corrected chi connectivity index (χ0v) is 14.4. The highest BCUT2D eigenvalue weighted by molar-refractivity contribution is 9.10. The van der Waals surface area contributed by atoms with Crippen molar-refractivity contribution >= 4 is 45.0 Å². The van der Waals surface area contributed by atoms with E-state index in [2.05, 4.69) is 20.9 Å². The van der Waals surface area contributed by atoms with Crippen LogP contribution < -0.4 is 9.84 Å². The lowest BCUT2D eigenvalue weighted by Gasteiger charge is -2.09. The van der Waals surface area contributed by atoms with Crippen LogP contribution in [0, 0.1) is 0 Å². The minimum Gasteiger partial charge on any atom is -0.545 e. The number of carboxylic acid groups (broad SMARTS) is 1. The van der Waals surface area contributed by atoms with Crippen LogP contribution in [0.3, 0.4) is 0 Å². The van der Waals surface area contributed by atoms with E-state index in [4.69, 9.17) is 4.74 Å². The second kappa shape index (κ2) is 6.84. The Morgan fingerprint density at radius 3 is 2.71 bits per heavy atom. The number of benzene rings is 2. The summed E-state index contributed by atoms with van der Waals surface area (Å²) in [6, 6.07) is 14.3. The van der Waals surface area contributed by atoms with Gasteiger partial charge in [-0.15, -0.1) is 0 Å². The van der Waals surface area contributed by atoms with E-state index in [0.717, 1.165) is 15.8 Å². The molecule has 4 nitrogen and oxygen atoms in total. The molecule has 2 aromatic carbocycles. The number of carboxylic acids is 1. The Morgan fingerprint density at radius 2 is 1.96 bits per heavy atom. The number of pyridine rings is 1. The van der Waals surface area contributed by atoms with E-state index in [1.807, 2.05) is 30.3 Å². The maximum absolute atomic E-state index is 11.4. The number of ether oxygens (including phenoxy) is 1. The second-order valence-corrected chi connectivity index (χ2v) is 6.03. The van der Waals surface area contributed by atoms with Crippen molar-refractivity contribution in [1.82, 2.24) is 4.98 Å². The molecule has 0 saturated carbocycles. The first-order chi connectivity index (χ1) is 11.6. The molecule has 1 aromatic heterocycles. The van der Waals surface area contributed by atoms with Crippen LogP contribution >= 0.6 is 15.9 Å². The maximum atomic E-state index is 11.4. The van der Waals surface area contributed by atoms with Crippen molar-refractivity contribution in [3.8, 4) is 5.75 Å². The lowest BCUT2D eigenvalue weighted by Crippen LogP contribution is -2.22. The molecule has 0 fully saturated rings. The highest BCUT2D eigenvalue weighted by Crippen LogP contribution is 2.25. The Morgan fingerprint density at radius 1 is 1.17 bits per heavy atom. The van der Waals surface area contributed by atoms with Gasteiger partial charge in [0.1, 0.15) is 5.75 Å². The standard InChI is InChI=1S/C19H14BrNO3/c1-24-18-9-7-13(20)10-12(18)6-8-14-11-16(19(22)23)15-4-2-3-5-17(15)21-14/h2-11H,1H3,(H,22,23)/p-1/b8-6+. The molecule has 0 aliphatic carbocycles. The average molecular weight is 383 g/mol. The summed E-state index contributed by atoms with van der Waals surface area (Å²) in [5.74, 6) is -0.501. The molecule has 0 N–H and O–H groups in total. The number of nitrogens with zero attached hydrogens (tertiary/aromatic N) is 1. The van der Waals surface area contributed by atoms with Gasteiger partial charge in [0, 0.05) is 21.0 Å². The molecular formula is C19H13BrNO3-. The zero-order valence-electron chi connectivity index (χ0n) is 12.8. The van der Waals surface area contributed by atoms with E-state index in [1.165, 1.54) is 6.07 Å². The lowest BCUT2D eigenvalue weighted by atomic mass is 10.1. The number of carbonyl (C=O) groups excluding carboxylic acids is 1. The fourth-order valence-corrected chi connectivity index (χ4v) is 2.84. The summed E-state index contributed by atoms with van der Waals surface area (Å²) in [6.45, 7) is 0. The number of para-hydroxylation sites is 1. The molecule has 3 aromatic rings. The van der Waals surface area contributed by atoms with Gasteiger partial charge in [-0.05, 0) is 42.5 Å². The van der Waals surface area contributed by atoms with E-state index in [1.54, 1.807) is 31.4 Å². The molecule has 0 saturated heterocycles. The molecule has 1 heterocycles. The number of halogens is 1. The summed E-state index contributed by atoms with van der Waals surface area (Å²) in [5, 5.41) is 12.0. The third-order valence-electron chi connectivity index (χ3n) is 3.58. The molecule has 0 unspecified atom stereocenters. The van der Waals surface area contributed by atoms with Gasteiger partial charge in [-0.3, -0.25) is 0 Å². The predicted octanol–water partition coefficient (Wildman–Crippen LogP) is 3.54. The van der Waals surface area contributed by atoms with Gasteiger partial charge in [-0.2, -0.15) is 0 Å². The van der Waals surface area contributed by atoms with Crippen molar-refractivity contribution in [2.24, 2.45) is 0 Å². The van der Waals surface area contributed by atoms with Gasteiger partial charge in [0.15, 0.2) is 0 Å². The topological polar surface area (TPSA) is 62.2 Å². The maximum Gasteiger partial charge on any atom is 0.126 e. The quantitative estimate of drug-likeness (QED) is 0.692. The van der Waals surface area contributed by atoms with Gasteiger partial charge in [-0.1, -0.05) is 34.1 Å². The minimum absolute atomic E-state index is 0.126. The van der Waals surface area contributed by atoms with Crippen molar-refractivity contribution < 1.29 is 14.6 Å². The Labute approximate surface area is 147 Å². The summed E-state index contributed by atoms with van der Waals surface area (Å²) >= 11 is 3.42. The predicted molar refractivity (Wildman–Crippen MR) is 95.7 cm³/mol. The number of methoxy groups -OCH3 is 1. The van der Waals surface area contributed by atoms with Crippen LogP contribution in [0.2, 0.25) is 0 Å². The number of rotatable bonds is 4. The Balaban J connectivity index is 2.07. The first kappa shape index (κ1) is 16.2. The van der Waals surface area contributed by atoms with Crippen LogP contribution in [0.1, 0.15) is 21.6 Å². The van der Waals surface area contributed by atoms with Crippen molar-refractivity contribution in [2.75, 3.05) is 7.11 Å². The number of aromatic nitrogens is 1. The van der Waals surface area contributed by atoms with Crippen molar-refractivity contribution in [3.05, 3.63) is 69.8 Å². The van der Waals surface area contributed by atoms with E-state index in [9.17, 15) is 9.90 Å². The fraction of sp³-hybridized carbons (Fsp3) is 0.0526. The lowest BCUT2D eigenvalue weighted by molar-refractivity contribution is -0.254. The normalized spacial score (nSPS) is 11.1. The molecule has 5 heteroatoms. The highest BCUT2D eigenvalue weighted by atomic mass is 79.9. The number of hydrogen-bond donors (Lipinski definition) is 0. The van der Waals surface area contributed by atoms with Crippen molar-refractivity contribution in [3.63, 3.8) is 0 Å². The van der Waals surface area contributed by atoms with Gasteiger partial charge >= 0.3 is 0 Å². The van der Waals surface area contributed by atoms with Crippen LogP contribution in [0.5, 0.6) is 5.75 Å². The van der Waals surface area contributed by atoms with Gasteiger partial charge in [-0.25, -0.2) is 4.98 Å². The number of hydrogen-bond acceptors (Lipinski definition) is 4. The number of carbonyl (C=O) groups is 1. The zero-order chi connectivity index (χ0) is 17.1. The van der Waals surface area contributed by atoms with Gasteiger partial charge in [0.25, 0.3) is 0 Å². The summed E-state index contributed by atoms with van der Waals surface area (Å²) in [6.07, 6.45) is 3.59. The third kappa shape index (κ3) is 3.31. The van der Waals surface area contributed by atoms with Crippen molar-refractivity contribution in [1.29, 1.82) is 0 Å². The first-order valence-corrected chi connectivity index (χ1v) is 8.00. The van der Waals surface area contributed by atoms with Crippen LogP contribution in [0.15, 0.2) is 53.0 Å². The number of fused-ring (bicyclic) bond motifs is 1. The molecule has 0 bridgehead atoms. The molecule has 3 rings (SSSR count). The summed E-state index contributed by atoms with van der Waals surface area (Å²) in [7, 11) is 1.60. The molecule has 120 valence electrons. The SMILES string of the molecule is COc1ccc(Br)cc1/C=C/c1cc(C(=O)[O-])c2ccccc2n1. The Hall–Kier alpha value is -2.66. The Bertz CT molecular complexity index is 950. The van der Waals surface area contributed by atoms with Crippen molar-refractivity contribution in [2.45, 2.75) is 0 Å². The van der Waals surface area contributed by atoms with Gasteiger partial charge in [0.05, 0.1) is 24.3 Å². The smallest absolute Gasteiger partial charge is 0.126 e. The molecule has 0 spiro atoms. The summed E-state index contributed by atoms with van der Waals surface area (Å²) in [4.78, 5) is 15.9. The molecule has 0 aliphatic rings. The fourth-order valence-electron chi connectivity index (χ4n) is 2.46. The molecule has 0 radical (unpaired) electrons. The molecule has 0 atom stereocenters. The minimum atomic E-state index is -1.22. The average Bonchev–Trinajstić information content (AvgIpc) is 2.59. The molecule has 24 heavy (non-hydrogen) atoms. The first-order valence-electron chi connectivity index (χ1n) is 7.21. The monoisotopic (exact) mass is 382 g/mol. The van der Waals surface area contributed by atoms with E-state index < -0.39 is 5.97 Å². The van der Waals surface area contributed by atoms with Crippen LogP contribution in [-0.2, 0) is 0 Å². The number of aromatic carboxylic acids is 1. The van der Waals surface area contributed by atoms with Crippen LogP contribution in [-0.4, -0.2) is 18.1 Å². The summed E-state index contributed by atoms with van der Waals surface area (Å²) in [5.41, 5.74) is 2.13. The summed E-state index contributed by atoms with van der Waals surface area (Å²) < 4.78 is 6.25. The third-order valence-corrected chi connectivity index (χ3v) is 4.07.